The van der Waals surface area contributed by atoms with Crippen LogP contribution in [0, 0.1) is 20.8 Å². The quantitative estimate of drug-likeness (QED) is 0.730. The largest absolute Gasteiger partial charge is 0.338 e. The molecule has 0 saturated heterocycles. The second-order valence-electron chi connectivity index (χ2n) is 4.54. The first-order valence-electron chi connectivity index (χ1n) is 6.01. The van der Waals surface area contributed by atoms with Gasteiger partial charge in [0.2, 0.25) is 0 Å². The van der Waals surface area contributed by atoms with Gasteiger partial charge in [0.25, 0.3) is 0 Å². The minimum Gasteiger partial charge on any atom is -0.338 e. The van der Waals surface area contributed by atoms with Crippen LogP contribution in [0.4, 0.5) is 11.5 Å². The molecule has 0 radical (unpaired) electrons. The van der Waals surface area contributed by atoms with Crippen molar-refractivity contribution < 1.29 is 0 Å². The highest BCUT2D eigenvalue weighted by Gasteiger charge is 2.13. The molecule has 0 saturated carbocycles. The lowest BCUT2D eigenvalue weighted by molar-refractivity contribution is 0.731. The van der Waals surface area contributed by atoms with Gasteiger partial charge in [0, 0.05) is 7.05 Å². The highest BCUT2D eigenvalue weighted by molar-refractivity contribution is 5.85. The first-order valence-corrected chi connectivity index (χ1v) is 6.01. The van der Waals surface area contributed by atoms with Gasteiger partial charge in [-0.25, -0.2) is 15.0 Å². The topological polar surface area (TPSA) is 84.3 Å². The van der Waals surface area contributed by atoms with E-state index in [1.807, 2.05) is 32.5 Å². The third-order valence-electron chi connectivity index (χ3n) is 3.16. The lowest BCUT2D eigenvalue weighted by atomic mass is 10.3. The molecule has 3 heterocycles. The van der Waals surface area contributed by atoms with Crippen LogP contribution in [0.1, 0.15) is 17.2 Å². The summed E-state index contributed by atoms with van der Waals surface area (Å²) in [5.74, 6) is 1.53. The molecule has 3 aromatic heterocycles. The molecule has 0 fully saturated rings. The first-order chi connectivity index (χ1) is 9.06. The number of nitrogens with zero attached hydrogens (tertiary/aromatic N) is 5. The normalized spacial score (nSPS) is 11.2. The number of nitrogens with one attached hydrogen (secondary N) is 2. The molecule has 0 aliphatic carbocycles. The van der Waals surface area contributed by atoms with Crippen LogP contribution in [0.2, 0.25) is 0 Å². The van der Waals surface area contributed by atoms with Crippen molar-refractivity contribution in [2.75, 3.05) is 5.32 Å². The van der Waals surface area contributed by atoms with E-state index in [2.05, 4.69) is 30.4 Å². The number of imidazole rings is 1. The maximum absolute atomic E-state index is 4.38. The number of rotatable bonds is 2. The molecule has 3 aromatic rings. The Morgan fingerprint density at radius 1 is 1.21 bits per heavy atom. The first kappa shape index (κ1) is 11.6. The van der Waals surface area contributed by atoms with E-state index in [0.717, 1.165) is 28.4 Å². The van der Waals surface area contributed by atoms with Gasteiger partial charge in [-0.05, 0) is 20.8 Å². The van der Waals surface area contributed by atoms with Crippen molar-refractivity contribution in [1.29, 1.82) is 0 Å². The number of aromatic nitrogens is 6. The zero-order valence-electron chi connectivity index (χ0n) is 11.3. The van der Waals surface area contributed by atoms with E-state index in [1.165, 1.54) is 6.33 Å². The van der Waals surface area contributed by atoms with E-state index in [-0.39, 0.29) is 0 Å². The van der Waals surface area contributed by atoms with E-state index < -0.39 is 0 Å². The highest BCUT2D eigenvalue weighted by Crippen LogP contribution is 2.25. The Hall–Kier alpha value is -2.44. The summed E-state index contributed by atoms with van der Waals surface area (Å²) in [6.07, 6.45) is 1.51. The molecule has 7 nitrogen and oxygen atoms in total. The van der Waals surface area contributed by atoms with Gasteiger partial charge < -0.3 is 10.3 Å². The Morgan fingerprint density at radius 3 is 2.68 bits per heavy atom. The zero-order chi connectivity index (χ0) is 13.6. The van der Waals surface area contributed by atoms with Crippen molar-refractivity contribution >= 4 is 22.7 Å². The van der Waals surface area contributed by atoms with Crippen LogP contribution in [0.5, 0.6) is 0 Å². The molecule has 7 heteroatoms. The van der Waals surface area contributed by atoms with E-state index >= 15 is 0 Å². The van der Waals surface area contributed by atoms with Crippen LogP contribution in [0.25, 0.3) is 11.2 Å². The molecule has 0 aromatic carbocycles. The standard InChI is InChI=1S/C12H15N7/c1-6-9(7(2)19(4)18-6)17-12-10-11(13-5-14-12)16-8(3)15-10/h5H,1-4H3,(H2,13,14,15,16,17). The van der Waals surface area contributed by atoms with Gasteiger partial charge in [-0.3, -0.25) is 4.68 Å². The highest BCUT2D eigenvalue weighted by atomic mass is 15.3. The molecule has 3 rings (SSSR count). The lowest BCUT2D eigenvalue weighted by Gasteiger charge is -2.06. The second-order valence-corrected chi connectivity index (χ2v) is 4.54. The van der Waals surface area contributed by atoms with Crippen molar-refractivity contribution in [2.24, 2.45) is 7.05 Å². The molecule has 19 heavy (non-hydrogen) atoms. The second kappa shape index (κ2) is 4.04. The van der Waals surface area contributed by atoms with Gasteiger partial charge in [0.05, 0.1) is 17.1 Å². The monoisotopic (exact) mass is 257 g/mol. The van der Waals surface area contributed by atoms with Crippen molar-refractivity contribution in [3.05, 3.63) is 23.5 Å². The summed E-state index contributed by atoms with van der Waals surface area (Å²) in [6, 6.07) is 0. The molecule has 0 unspecified atom stereocenters. The van der Waals surface area contributed by atoms with E-state index in [0.29, 0.717) is 11.5 Å². The van der Waals surface area contributed by atoms with Gasteiger partial charge in [0.1, 0.15) is 17.7 Å². The van der Waals surface area contributed by atoms with Crippen LogP contribution in [-0.4, -0.2) is 29.7 Å². The predicted octanol–water partition coefficient (Wildman–Crippen LogP) is 1.76. The molecule has 98 valence electrons. The third kappa shape index (κ3) is 1.83. The number of fused-ring (bicyclic) bond motifs is 1. The molecular weight excluding hydrogens is 242 g/mol. The fourth-order valence-corrected chi connectivity index (χ4v) is 2.11. The van der Waals surface area contributed by atoms with Gasteiger partial charge >= 0.3 is 0 Å². The minimum absolute atomic E-state index is 0.661. The Labute approximate surface area is 110 Å². The number of hydrogen-bond acceptors (Lipinski definition) is 5. The van der Waals surface area contributed by atoms with Crippen molar-refractivity contribution in [2.45, 2.75) is 20.8 Å². The molecule has 0 aliphatic heterocycles. The van der Waals surface area contributed by atoms with Gasteiger partial charge in [-0.2, -0.15) is 5.10 Å². The minimum atomic E-state index is 0.661. The lowest BCUT2D eigenvalue weighted by Crippen LogP contribution is -1.98. The molecule has 0 spiro atoms. The molecule has 0 atom stereocenters. The molecular formula is C12H15N7. The Kier molecular flexibility index (Phi) is 2.48. The number of H-pyrrole nitrogens is 1. The average Bonchev–Trinajstić information content (AvgIpc) is 2.84. The van der Waals surface area contributed by atoms with Gasteiger partial charge in [-0.15, -0.1) is 0 Å². The summed E-state index contributed by atoms with van der Waals surface area (Å²) in [5.41, 5.74) is 4.43. The SMILES string of the molecule is Cc1nc2ncnc(Nc3c(C)nn(C)c3C)c2[nH]1. The average molecular weight is 257 g/mol. The number of anilines is 2. The summed E-state index contributed by atoms with van der Waals surface area (Å²) >= 11 is 0. The maximum atomic E-state index is 4.38. The summed E-state index contributed by atoms with van der Waals surface area (Å²) < 4.78 is 1.84. The Morgan fingerprint density at radius 2 is 2.00 bits per heavy atom. The van der Waals surface area contributed by atoms with Gasteiger partial charge in [0.15, 0.2) is 11.5 Å². The number of aryl methyl sites for hydroxylation is 3. The summed E-state index contributed by atoms with van der Waals surface area (Å²) in [5, 5.41) is 7.69. The fraction of sp³-hybridized carbons (Fsp3) is 0.333. The number of aromatic amines is 1. The zero-order valence-corrected chi connectivity index (χ0v) is 11.3. The molecule has 2 N–H and O–H groups in total. The molecule has 0 bridgehead atoms. The summed E-state index contributed by atoms with van der Waals surface area (Å²) in [6.45, 7) is 5.87. The fourth-order valence-electron chi connectivity index (χ4n) is 2.11. The smallest absolute Gasteiger partial charge is 0.183 e. The Balaban J connectivity index is 2.10. The maximum Gasteiger partial charge on any atom is 0.183 e. The number of hydrogen-bond donors (Lipinski definition) is 2. The third-order valence-corrected chi connectivity index (χ3v) is 3.16. The van der Waals surface area contributed by atoms with E-state index in [4.69, 9.17) is 0 Å². The molecule has 0 amide bonds. The van der Waals surface area contributed by atoms with Crippen LogP contribution in [0.3, 0.4) is 0 Å². The molecule has 0 aliphatic rings. The van der Waals surface area contributed by atoms with Crippen molar-refractivity contribution in [1.82, 2.24) is 29.7 Å². The van der Waals surface area contributed by atoms with Crippen LogP contribution < -0.4 is 5.32 Å². The summed E-state index contributed by atoms with van der Waals surface area (Å²) in [7, 11) is 1.92. The Bertz CT molecular complexity index is 753. The van der Waals surface area contributed by atoms with Crippen molar-refractivity contribution in [3.8, 4) is 0 Å². The predicted molar refractivity (Wildman–Crippen MR) is 72.4 cm³/mol. The van der Waals surface area contributed by atoms with E-state index in [9.17, 15) is 0 Å². The van der Waals surface area contributed by atoms with E-state index in [1.54, 1.807) is 0 Å². The van der Waals surface area contributed by atoms with Crippen LogP contribution in [0.15, 0.2) is 6.33 Å². The van der Waals surface area contributed by atoms with Crippen molar-refractivity contribution in [3.63, 3.8) is 0 Å². The summed E-state index contributed by atoms with van der Waals surface area (Å²) in [4.78, 5) is 15.9. The van der Waals surface area contributed by atoms with Crippen LogP contribution >= 0.6 is 0 Å². The van der Waals surface area contributed by atoms with Crippen LogP contribution in [-0.2, 0) is 7.05 Å². The van der Waals surface area contributed by atoms with Gasteiger partial charge in [-0.1, -0.05) is 0 Å².